The number of fused-ring (bicyclic) bond motifs is 5. The minimum Gasteiger partial charge on any atom is -0.478 e. The highest BCUT2D eigenvalue weighted by Gasteiger charge is 2.33. The van der Waals surface area contributed by atoms with Crippen LogP contribution in [0, 0.1) is 5.92 Å². The van der Waals surface area contributed by atoms with Crippen LogP contribution in [0.4, 0.5) is 0 Å². The molecule has 2 atom stereocenters. The Balaban J connectivity index is 1.66. The van der Waals surface area contributed by atoms with Gasteiger partial charge in [0.05, 0.1) is 17.2 Å². The van der Waals surface area contributed by atoms with Crippen molar-refractivity contribution in [2.45, 2.75) is 84.1 Å². The lowest BCUT2D eigenvalue weighted by Crippen LogP contribution is -2.41. The molecule has 1 N–H and O–H groups in total. The lowest BCUT2D eigenvalue weighted by atomic mass is 9.88. The Labute approximate surface area is 220 Å². The molecular weight excluding hydrogens is 460 g/mol. The third-order valence-electron chi connectivity index (χ3n) is 8.49. The standard InChI is InChI=1S/C32H40N2O3/c1-3-4-5-7-12-22(2)29-27-16-15-24(32(36)37)20-28(27)34-21-25(31(35)33-17-10-6-11-18-33)19-23-13-8-9-14-26(23)30(29)34/h8-9,13-16,20,22,25H,3-7,10-12,17-19,21H2,1-2H3,(H,36,37). The maximum atomic E-state index is 13.8. The monoisotopic (exact) mass is 500 g/mol. The molecule has 3 aromatic rings. The zero-order valence-corrected chi connectivity index (χ0v) is 22.3. The topological polar surface area (TPSA) is 62.5 Å². The van der Waals surface area contributed by atoms with Crippen molar-refractivity contribution in [3.8, 4) is 11.3 Å². The second-order valence-electron chi connectivity index (χ2n) is 11.1. The highest BCUT2D eigenvalue weighted by atomic mass is 16.4. The Hall–Kier alpha value is -3.08. The van der Waals surface area contributed by atoms with E-state index in [4.69, 9.17) is 0 Å². The number of rotatable bonds is 8. The second-order valence-corrected chi connectivity index (χ2v) is 11.1. The first-order valence-corrected chi connectivity index (χ1v) is 14.3. The third-order valence-corrected chi connectivity index (χ3v) is 8.49. The summed E-state index contributed by atoms with van der Waals surface area (Å²) in [6, 6.07) is 14.1. The van der Waals surface area contributed by atoms with Crippen LogP contribution >= 0.6 is 0 Å². The van der Waals surface area contributed by atoms with Crippen LogP contribution in [0.2, 0.25) is 0 Å². The fourth-order valence-electron chi connectivity index (χ4n) is 6.53. The maximum absolute atomic E-state index is 13.8. The Morgan fingerprint density at radius 3 is 2.57 bits per heavy atom. The van der Waals surface area contributed by atoms with E-state index in [9.17, 15) is 14.7 Å². The number of likely N-dealkylation sites (tertiary alicyclic amines) is 1. The van der Waals surface area contributed by atoms with Gasteiger partial charge in [-0.05, 0) is 61.3 Å². The van der Waals surface area contributed by atoms with E-state index in [-0.39, 0.29) is 11.8 Å². The van der Waals surface area contributed by atoms with Crippen molar-refractivity contribution in [3.63, 3.8) is 0 Å². The molecular formula is C32H40N2O3. The number of benzene rings is 2. The third kappa shape index (κ3) is 5.05. The first-order valence-electron chi connectivity index (χ1n) is 14.3. The number of amides is 1. The van der Waals surface area contributed by atoms with Crippen LogP contribution in [-0.2, 0) is 17.8 Å². The van der Waals surface area contributed by atoms with Gasteiger partial charge in [-0.25, -0.2) is 4.79 Å². The first kappa shape index (κ1) is 25.6. The molecule has 2 unspecified atom stereocenters. The van der Waals surface area contributed by atoms with Gasteiger partial charge in [0.25, 0.3) is 0 Å². The molecule has 0 bridgehead atoms. The molecule has 37 heavy (non-hydrogen) atoms. The SMILES string of the molecule is CCCCCCC(C)c1c2n(c3cc(C(=O)O)ccc13)CC(C(=O)N1CCCCC1)Cc1ccccc1-2. The van der Waals surface area contributed by atoms with E-state index in [2.05, 4.69) is 47.6 Å². The molecule has 5 nitrogen and oxygen atoms in total. The van der Waals surface area contributed by atoms with Crippen molar-refractivity contribution in [2.75, 3.05) is 13.1 Å². The highest BCUT2D eigenvalue weighted by molar-refractivity contribution is 5.98. The average molecular weight is 501 g/mol. The Morgan fingerprint density at radius 2 is 1.81 bits per heavy atom. The van der Waals surface area contributed by atoms with Crippen LogP contribution < -0.4 is 0 Å². The first-order chi connectivity index (χ1) is 18.0. The summed E-state index contributed by atoms with van der Waals surface area (Å²) < 4.78 is 2.29. The Kier molecular flexibility index (Phi) is 7.68. The number of carboxylic acid groups (broad SMARTS) is 1. The van der Waals surface area contributed by atoms with E-state index < -0.39 is 5.97 Å². The molecule has 1 fully saturated rings. The van der Waals surface area contributed by atoms with Crippen molar-refractivity contribution in [1.29, 1.82) is 0 Å². The molecule has 2 aliphatic rings. The minimum atomic E-state index is -0.915. The summed E-state index contributed by atoms with van der Waals surface area (Å²) >= 11 is 0. The van der Waals surface area contributed by atoms with Gasteiger partial charge in [-0.3, -0.25) is 4.79 Å². The number of nitrogens with zero attached hydrogens (tertiary/aromatic N) is 2. The number of unbranched alkanes of at least 4 members (excludes halogenated alkanes) is 3. The van der Waals surface area contributed by atoms with Crippen molar-refractivity contribution < 1.29 is 14.7 Å². The van der Waals surface area contributed by atoms with Gasteiger partial charge >= 0.3 is 5.97 Å². The Bertz CT molecular complexity index is 1280. The molecule has 196 valence electrons. The van der Waals surface area contributed by atoms with Crippen LogP contribution in [0.25, 0.3) is 22.2 Å². The van der Waals surface area contributed by atoms with Crippen LogP contribution in [0.1, 0.15) is 92.6 Å². The number of aromatic carboxylic acids is 1. The van der Waals surface area contributed by atoms with E-state index in [1.165, 1.54) is 54.5 Å². The molecule has 2 aliphatic heterocycles. The number of carboxylic acids is 1. The molecule has 2 aromatic carbocycles. The summed E-state index contributed by atoms with van der Waals surface area (Å²) in [7, 11) is 0. The summed E-state index contributed by atoms with van der Waals surface area (Å²) in [4.78, 5) is 27.8. The molecule has 1 saturated heterocycles. The van der Waals surface area contributed by atoms with Gasteiger partial charge in [-0.1, -0.05) is 69.9 Å². The van der Waals surface area contributed by atoms with Crippen LogP contribution in [0.3, 0.4) is 0 Å². The van der Waals surface area contributed by atoms with Gasteiger partial charge in [-0.2, -0.15) is 0 Å². The van der Waals surface area contributed by atoms with Crippen molar-refractivity contribution in [1.82, 2.24) is 9.47 Å². The molecule has 0 spiro atoms. The summed E-state index contributed by atoms with van der Waals surface area (Å²) in [5, 5.41) is 10.9. The molecule has 0 aliphatic carbocycles. The van der Waals surface area contributed by atoms with E-state index in [1.807, 2.05) is 12.1 Å². The van der Waals surface area contributed by atoms with Gasteiger partial charge in [0.15, 0.2) is 0 Å². The fourth-order valence-corrected chi connectivity index (χ4v) is 6.53. The van der Waals surface area contributed by atoms with E-state index in [0.29, 0.717) is 18.0 Å². The van der Waals surface area contributed by atoms with E-state index in [1.54, 1.807) is 6.07 Å². The summed E-state index contributed by atoms with van der Waals surface area (Å²) in [6.45, 7) is 6.83. The van der Waals surface area contributed by atoms with Gasteiger partial charge in [0.1, 0.15) is 0 Å². The van der Waals surface area contributed by atoms with Gasteiger partial charge in [-0.15, -0.1) is 0 Å². The number of carbonyl (C=O) groups excluding carboxylic acids is 1. The molecule has 0 radical (unpaired) electrons. The highest BCUT2D eigenvalue weighted by Crippen LogP contribution is 2.44. The molecule has 1 amide bonds. The molecule has 5 heteroatoms. The number of aromatic nitrogens is 1. The average Bonchev–Trinajstić information content (AvgIpc) is 3.13. The number of hydrogen-bond acceptors (Lipinski definition) is 2. The number of hydrogen-bond donors (Lipinski definition) is 1. The quantitative estimate of drug-likeness (QED) is 0.331. The zero-order chi connectivity index (χ0) is 25.9. The predicted octanol–water partition coefficient (Wildman–Crippen LogP) is 7.27. The number of piperidine rings is 1. The van der Waals surface area contributed by atoms with Crippen molar-refractivity contribution in [3.05, 3.63) is 59.2 Å². The van der Waals surface area contributed by atoms with E-state index >= 15 is 0 Å². The second kappa shape index (κ2) is 11.1. The normalized spacial score (nSPS) is 18.2. The molecule has 5 rings (SSSR count). The largest absolute Gasteiger partial charge is 0.478 e. The summed E-state index contributed by atoms with van der Waals surface area (Å²) in [5.41, 5.74) is 6.15. The van der Waals surface area contributed by atoms with Gasteiger partial charge < -0.3 is 14.6 Å². The summed E-state index contributed by atoms with van der Waals surface area (Å²) in [5.74, 6) is -0.486. The molecule has 1 aromatic heterocycles. The smallest absolute Gasteiger partial charge is 0.335 e. The minimum absolute atomic E-state index is 0.155. The van der Waals surface area contributed by atoms with Crippen LogP contribution in [-0.4, -0.2) is 39.5 Å². The maximum Gasteiger partial charge on any atom is 0.335 e. The summed E-state index contributed by atoms with van der Waals surface area (Å²) in [6.07, 6.45) is 10.1. The Morgan fingerprint density at radius 1 is 1.03 bits per heavy atom. The van der Waals surface area contributed by atoms with E-state index in [0.717, 1.165) is 49.7 Å². The zero-order valence-electron chi connectivity index (χ0n) is 22.3. The van der Waals surface area contributed by atoms with Gasteiger partial charge in [0, 0.05) is 36.1 Å². The van der Waals surface area contributed by atoms with Crippen LogP contribution in [0.15, 0.2) is 42.5 Å². The van der Waals surface area contributed by atoms with Gasteiger partial charge in [0.2, 0.25) is 5.91 Å². The lowest BCUT2D eigenvalue weighted by Gasteiger charge is -2.30. The predicted molar refractivity (Wildman–Crippen MR) is 149 cm³/mol. The van der Waals surface area contributed by atoms with Crippen molar-refractivity contribution in [2.24, 2.45) is 5.92 Å². The molecule has 0 saturated carbocycles. The molecule has 3 heterocycles. The fraction of sp³-hybridized carbons (Fsp3) is 0.500. The lowest BCUT2D eigenvalue weighted by molar-refractivity contribution is -0.136. The van der Waals surface area contributed by atoms with Crippen molar-refractivity contribution >= 4 is 22.8 Å². The van der Waals surface area contributed by atoms with Crippen LogP contribution in [0.5, 0.6) is 0 Å². The number of carbonyl (C=O) groups is 2.